The van der Waals surface area contributed by atoms with Crippen LogP contribution in [0.3, 0.4) is 0 Å². The predicted octanol–water partition coefficient (Wildman–Crippen LogP) is 5.98. The van der Waals surface area contributed by atoms with Crippen molar-refractivity contribution in [2.75, 3.05) is 13.2 Å². The van der Waals surface area contributed by atoms with E-state index in [9.17, 15) is 14.4 Å². The van der Waals surface area contributed by atoms with Crippen molar-refractivity contribution >= 4 is 17.7 Å². The van der Waals surface area contributed by atoms with Gasteiger partial charge in [0, 0.05) is 23.3 Å². The number of hydrogen-bond acceptors (Lipinski definition) is 7. The van der Waals surface area contributed by atoms with E-state index in [1.165, 1.54) is 6.08 Å². The second kappa shape index (κ2) is 12.9. The van der Waals surface area contributed by atoms with E-state index < -0.39 is 17.4 Å². The van der Waals surface area contributed by atoms with Crippen molar-refractivity contribution in [3.8, 4) is 23.0 Å². The zero-order valence-electron chi connectivity index (χ0n) is 23.0. The molecule has 0 atom stereocenters. The molecule has 2 aromatic rings. The molecule has 0 saturated carbocycles. The molecule has 0 heterocycles. The maximum atomic E-state index is 14.1. The monoisotopic (exact) mass is 520 g/mol. The zero-order valence-corrected chi connectivity index (χ0v) is 23.0. The van der Waals surface area contributed by atoms with Crippen LogP contribution in [-0.4, -0.2) is 30.9 Å². The van der Waals surface area contributed by atoms with Gasteiger partial charge in [0.15, 0.2) is 28.8 Å². The normalized spacial score (nSPS) is 10.9. The molecule has 7 nitrogen and oxygen atoms in total. The van der Waals surface area contributed by atoms with Gasteiger partial charge >= 0.3 is 11.9 Å². The first kappa shape index (κ1) is 30.1. The van der Waals surface area contributed by atoms with Crippen LogP contribution in [0.4, 0.5) is 0 Å². The van der Waals surface area contributed by atoms with Gasteiger partial charge < -0.3 is 18.9 Å². The summed E-state index contributed by atoms with van der Waals surface area (Å²) in [6.07, 6.45) is 3.36. The summed E-state index contributed by atoms with van der Waals surface area (Å²) in [6.45, 7) is 22.1. The lowest BCUT2D eigenvalue weighted by atomic mass is 9.63. The van der Waals surface area contributed by atoms with Gasteiger partial charge in [-0.2, -0.15) is 0 Å². The van der Waals surface area contributed by atoms with E-state index in [2.05, 4.69) is 19.7 Å². The number of carbonyl (C=O) groups excluding carboxylic acids is 3. The van der Waals surface area contributed by atoms with Crippen LogP contribution in [0, 0.1) is 19.8 Å². The van der Waals surface area contributed by atoms with E-state index in [1.54, 1.807) is 52.0 Å². The first-order valence-corrected chi connectivity index (χ1v) is 12.4. The van der Waals surface area contributed by atoms with Crippen LogP contribution < -0.4 is 18.9 Å². The summed E-state index contributed by atoms with van der Waals surface area (Å²) in [4.78, 5) is 38.5. The number of ether oxygens (including phenoxy) is 4. The van der Waals surface area contributed by atoms with Crippen LogP contribution in [0.1, 0.15) is 49.9 Å². The van der Waals surface area contributed by atoms with E-state index in [0.29, 0.717) is 22.3 Å². The van der Waals surface area contributed by atoms with E-state index in [1.807, 2.05) is 13.8 Å². The lowest BCUT2D eigenvalue weighted by molar-refractivity contribution is -0.130. The minimum Gasteiger partial charge on any atom is -0.490 e. The van der Waals surface area contributed by atoms with Gasteiger partial charge in [-0.25, -0.2) is 9.59 Å². The Kier molecular flexibility index (Phi) is 10.2. The third-order valence-corrected chi connectivity index (χ3v) is 6.22. The topological polar surface area (TPSA) is 88.1 Å². The fourth-order valence-corrected chi connectivity index (χ4v) is 4.53. The summed E-state index contributed by atoms with van der Waals surface area (Å²) in [5, 5.41) is 0. The Hall–Kier alpha value is -4.13. The van der Waals surface area contributed by atoms with Crippen LogP contribution in [0.15, 0.2) is 62.2 Å². The van der Waals surface area contributed by atoms with Crippen LogP contribution in [0.2, 0.25) is 0 Å². The summed E-state index contributed by atoms with van der Waals surface area (Å²) in [6, 6.07) is 7.06. The lowest BCUT2D eigenvalue weighted by Gasteiger charge is -2.39. The van der Waals surface area contributed by atoms with Crippen molar-refractivity contribution in [1.82, 2.24) is 0 Å². The van der Waals surface area contributed by atoms with Crippen molar-refractivity contribution in [3.63, 3.8) is 0 Å². The predicted molar refractivity (Wildman–Crippen MR) is 147 cm³/mol. The second-order valence-corrected chi connectivity index (χ2v) is 8.82. The average Bonchev–Trinajstić information content (AvgIpc) is 2.89. The second-order valence-electron chi connectivity index (χ2n) is 8.82. The number of allylic oxidation sites excluding steroid dienone is 1. The number of ketones is 1. The van der Waals surface area contributed by atoms with Crippen LogP contribution >= 0.6 is 0 Å². The standard InChI is InChI=1S/C31H36O7/c1-10-24(32)31(19(6)7,22-17-15-20(8)27(29(22)35-13-4)37-25(33)11-2)23-18-16-21(9)28(30(23)36-14-5)38-26(34)12-3/h10-12,15-19H,1-3,13-14H2,4-9H3. The molecule has 0 aliphatic rings. The van der Waals surface area contributed by atoms with Gasteiger partial charge in [-0.1, -0.05) is 57.8 Å². The summed E-state index contributed by atoms with van der Waals surface area (Å²) in [5.74, 6) is -1.23. The number of benzene rings is 2. The highest BCUT2D eigenvalue weighted by Crippen LogP contribution is 2.53. The van der Waals surface area contributed by atoms with Crippen molar-refractivity contribution in [2.45, 2.75) is 47.0 Å². The van der Waals surface area contributed by atoms with Gasteiger partial charge in [0.05, 0.1) is 18.6 Å². The molecule has 0 aliphatic carbocycles. The van der Waals surface area contributed by atoms with Crippen LogP contribution in [0.5, 0.6) is 23.0 Å². The molecule has 202 valence electrons. The number of aryl methyl sites for hydroxylation is 2. The first-order chi connectivity index (χ1) is 18.0. The number of rotatable bonds is 13. The van der Waals surface area contributed by atoms with Crippen molar-refractivity contribution in [3.05, 3.63) is 84.5 Å². The molecule has 0 spiro atoms. The Bertz CT molecular complexity index is 1170. The Morgan fingerprint density at radius 2 is 1.13 bits per heavy atom. The van der Waals surface area contributed by atoms with Crippen LogP contribution in [0.25, 0.3) is 0 Å². The average molecular weight is 521 g/mol. The van der Waals surface area contributed by atoms with E-state index in [4.69, 9.17) is 18.9 Å². The summed E-state index contributed by atoms with van der Waals surface area (Å²) >= 11 is 0. The number of hydrogen-bond donors (Lipinski definition) is 0. The van der Waals surface area contributed by atoms with E-state index in [0.717, 1.165) is 12.2 Å². The maximum absolute atomic E-state index is 14.1. The van der Waals surface area contributed by atoms with Gasteiger partial charge in [-0.15, -0.1) is 0 Å². The minimum atomic E-state index is -1.43. The fraction of sp³-hybridized carbons (Fsp3) is 0.323. The molecule has 0 saturated heterocycles. The summed E-state index contributed by atoms with van der Waals surface area (Å²) in [7, 11) is 0. The van der Waals surface area contributed by atoms with Gasteiger partial charge in [-0.05, 0) is 50.8 Å². The quantitative estimate of drug-likeness (QED) is 0.182. The largest absolute Gasteiger partial charge is 0.490 e. The third-order valence-electron chi connectivity index (χ3n) is 6.22. The van der Waals surface area contributed by atoms with Gasteiger partial charge in [0.25, 0.3) is 0 Å². The van der Waals surface area contributed by atoms with Gasteiger partial charge in [0.2, 0.25) is 0 Å². The highest BCUT2D eigenvalue weighted by atomic mass is 16.6. The Labute approximate surface area is 224 Å². The molecule has 0 N–H and O–H groups in total. The SMILES string of the molecule is C=CC(=O)Oc1c(C)ccc(C(C(=O)C=C)(c2ccc(C)c(OC(=O)C=C)c2OCC)C(C)C)c1OCC. The molecule has 38 heavy (non-hydrogen) atoms. The molecule has 0 unspecified atom stereocenters. The Balaban J connectivity index is 3.17. The molecule has 0 fully saturated rings. The lowest BCUT2D eigenvalue weighted by Crippen LogP contribution is -2.42. The molecule has 0 aromatic heterocycles. The van der Waals surface area contributed by atoms with Gasteiger partial charge in [-0.3, -0.25) is 4.79 Å². The Morgan fingerprint density at radius 3 is 1.42 bits per heavy atom. The number of carbonyl (C=O) groups is 3. The minimum absolute atomic E-state index is 0.180. The van der Waals surface area contributed by atoms with Crippen LogP contribution in [-0.2, 0) is 19.8 Å². The fourth-order valence-electron chi connectivity index (χ4n) is 4.53. The molecule has 0 bridgehead atoms. The molecular weight excluding hydrogens is 484 g/mol. The summed E-state index contributed by atoms with van der Waals surface area (Å²) in [5.41, 5.74) is 0.726. The van der Waals surface area contributed by atoms with E-state index in [-0.39, 0.29) is 47.9 Å². The zero-order chi connectivity index (χ0) is 28.6. The van der Waals surface area contributed by atoms with Crippen molar-refractivity contribution < 1.29 is 33.3 Å². The molecule has 7 heteroatoms. The molecule has 2 aromatic carbocycles. The smallest absolute Gasteiger partial charge is 0.335 e. The maximum Gasteiger partial charge on any atom is 0.335 e. The highest BCUT2D eigenvalue weighted by Gasteiger charge is 2.49. The molecule has 0 amide bonds. The summed E-state index contributed by atoms with van der Waals surface area (Å²) < 4.78 is 23.3. The number of esters is 2. The van der Waals surface area contributed by atoms with E-state index >= 15 is 0 Å². The molecule has 2 rings (SSSR count). The van der Waals surface area contributed by atoms with Gasteiger partial charge in [0.1, 0.15) is 0 Å². The van der Waals surface area contributed by atoms with Crippen molar-refractivity contribution in [2.24, 2.45) is 5.92 Å². The molecule has 0 radical (unpaired) electrons. The third kappa shape index (κ3) is 5.57. The van der Waals surface area contributed by atoms with Crippen molar-refractivity contribution in [1.29, 1.82) is 0 Å². The molecular formula is C31H36O7. The highest BCUT2D eigenvalue weighted by molar-refractivity contribution is 6.03. The molecule has 0 aliphatic heterocycles. The Morgan fingerprint density at radius 1 is 0.737 bits per heavy atom. The first-order valence-electron chi connectivity index (χ1n) is 12.4.